The summed E-state index contributed by atoms with van der Waals surface area (Å²) < 4.78 is 13.0. The summed E-state index contributed by atoms with van der Waals surface area (Å²) in [5.41, 5.74) is 1.94. The summed E-state index contributed by atoms with van der Waals surface area (Å²) in [6.45, 7) is 7.18. The van der Waals surface area contributed by atoms with Gasteiger partial charge in [0.15, 0.2) is 0 Å². The maximum absolute atomic E-state index is 13.0. The Morgan fingerprint density at radius 1 is 1.50 bits per heavy atom. The van der Waals surface area contributed by atoms with Crippen molar-refractivity contribution >= 4 is 5.97 Å². The Hall–Kier alpha value is -1.42. The molecule has 0 aliphatic heterocycles. The normalized spacial score (nSPS) is 12.7. The van der Waals surface area contributed by atoms with Crippen LogP contribution in [0, 0.1) is 12.7 Å². The van der Waals surface area contributed by atoms with Crippen LogP contribution in [0.3, 0.4) is 0 Å². The molecule has 1 aromatic rings. The lowest BCUT2D eigenvalue weighted by molar-refractivity contribution is -0.138. The van der Waals surface area contributed by atoms with Crippen molar-refractivity contribution in [2.24, 2.45) is 0 Å². The minimum atomic E-state index is -0.795. The van der Waals surface area contributed by atoms with E-state index in [9.17, 15) is 9.18 Å². The Morgan fingerprint density at radius 2 is 2.17 bits per heavy atom. The highest BCUT2D eigenvalue weighted by Gasteiger charge is 2.16. The highest BCUT2D eigenvalue weighted by Crippen LogP contribution is 2.15. The molecule has 0 fully saturated rings. The molecule has 1 aromatic carbocycles. The summed E-state index contributed by atoms with van der Waals surface area (Å²) >= 11 is 0. The van der Waals surface area contributed by atoms with Gasteiger partial charge in [0.05, 0.1) is 6.42 Å². The van der Waals surface area contributed by atoms with Crippen molar-refractivity contribution in [2.75, 3.05) is 6.54 Å². The van der Waals surface area contributed by atoms with Crippen LogP contribution in [0.15, 0.2) is 18.2 Å². The lowest BCUT2D eigenvalue weighted by atomic mass is 10.1. The molecular weight excluding hydrogens is 233 g/mol. The SMILES string of the molecule is CCN(Cc1ccc(F)cc1C)C(C)CC(=O)O. The molecule has 0 aromatic heterocycles. The predicted molar refractivity (Wildman–Crippen MR) is 68.9 cm³/mol. The van der Waals surface area contributed by atoms with E-state index in [2.05, 4.69) is 4.90 Å². The highest BCUT2D eigenvalue weighted by atomic mass is 19.1. The van der Waals surface area contributed by atoms with E-state index < -0.39 is 5.97 Å². The lowest BCUT2D eigenvalue weighted by Crippen LogP contribution is -2.34. The van der Waals surface area contributed by atoms with Gasteiger partial charge in [-0.25, -0.2) is 4.39 Å². The number of hydrogen-bond acceptors (Lipinski definition) is 2. The molecule has 0 amide bonds. The molecule has 0 saturated heterocycles. The summed E-state index contributed by atoms with van der Waals surface area (Å²) in [6, 6.07) is 4.68. The number of carboxylic acid groups (broad SMARTS) is 1. The van der Waals surface area contributed by atoms with E-state index in [1.165, 1.54) is 12.1 Å². The van der Waals surface area contributed by atoms with E-state index in [0.29, 0.717) is 6.54 Å². The van der Waals surface area contributed by atoms with Gasteiger partial charge in [-0.1, -0.05) is 13.0 Å². The molecule has 3 nitrogen and oxygen atoms in total. The van der Waals surface area contributed by atoms with Crippen LogP contribution in [-0.4, -0.2) is 28.6 Å². The Kier molecular flexibility index (Phi) is 5.28. The molecule has 0 aliphatic rings. The van der Waals surface area contributed by atoms with Crippen LogP contribution in [-0.2, 0) is 11.3 Å². The minimum Gasteiger partial charge on any atom is -0.481 e. The number of carboxylic acids is 1. The summed E-state index contributed by atoms with van der Waals surface area (Å²) in [4.78, 5) is 12.8. The van der Waals surface area contributed by atoms with E-state index in [-0.39, 0.29) is 18.3 Å². The Balaban J connectivity index is 2.76. The van der Waals surface area contributed by atoms with Gasteiger partial charge in [0.1, 0.15) is 5.82 Å². The second kappa shape index (κ2) is 6.50. The van der Waals surface area contributed by atoms with E-state index in [1.807, 2.05) is 20.8 Å². The average Bonchev–Trinajstić information content (AvgIpc) is 2.27. The third-order valence-electron chi connectivity index (χ3n) is 3.18. The van der Waals surface area contributed by atoms with Crippen LogP contribution < -0.4 is 0 Å². The maximum atomic E-state index is 13.0. The average molecular weight is 253 g/mol. The van der Waals surface area contributed by atoms with Crippen LogP contribution >= 0.6 is 0 Å². The summed E-state index contributed by atoms with van der Waals surface area (Å²) in [5, 5.41) is 8.81. The number of halogens is 1. The van der Waals surface area contributed by atoms with Crippen LogP contribution in [0.1, 0.15) is 31.4 Å². The number of rotatable bonds is 6. The molecule has 1 unspecified atom stereocenters. The molecule has 18 heavy (non-hydrogen) atoms. The van der Waals surface area contributed by atoms with Crippen molar-refractivity contribution in [3.8, 4) is 0 Å². The monoisotopic (exact) mass is 253 g/mol. The first-order valence-corrected chi connectivity index (χ1v) is 6.15. The fourth-order valence-electron chi connectivity index (χ4n) is 2.02. The second-order valence-electron chi connectivity index (χ2n) is 4.58. The summed E-state index contributed by atoms with van der Waals surface area (Å²) in [6.07, 6.45) is 0.119. The molecule has 0 aliphatic carbocycles. The molecule has 100 valence electrons. The second-order valence-corrected chi connectivity index (χ2v) is 4.58. The zero-order valence-electron chi connectivity index (χ0n) is 11.1. The maximum Gasteiger partial charge on any atom is 0.304 e. The van der Waals surface area contributed by atoms with Gasteiger partial charge in [-0.2, -0.15) is 0 Å². The van der Waals surface area contributed by atoms with Crippen molar-refractivity contribution < 1.29 is 14.3 Å². The zero-order valence-corrected chi connectivity index (χ0v) is 11.1. The largest absolute Gasteiger partial charge is 0.481 e. The topological polar surface area (TPSA) is 40.5 Å². The predicted octanol–water partition coefficient (Wildman–Crippen LogP) is 2.82. The Bertz CT molecular complexity index is 420. The van der Waals surface area contributed by atoms with Gasteiger partial charge in [0.2, 0.25) is 0 Å². The van der Waals surface area contributed by atoms with Crippen LogP contribution in [0.5, 0.6) is 0 Å². The Labute approximate surface area is 107 Å². The fourth-order valence-corrected chi connectivity index (χ4v) is 2.02. The molecule has 0 saturated carbocycles. The smallest absolute Gasteiger partial charge is 0.304 e. The van der Waals surface area contributed by atoms with Gasteiger partial charge in [0, 0.05) is 12.6 Å². The molecule has 0 bridgehead atoms. The van der Waals surface area contributed by atoms with Crippen LogP contribution in [0.25, 0.3) is 0 Å². The van der Waals surface area contributed by atoms with Crippen molar-refractivity contribution in [1.82, 2.24) is 4.90 Å². The molecule has 1 N–H and O–H groups in total. The minimum absolute atomic E-state index is 0.0306. The van der Waals surface area contributed by atoms with Crippen molar-refractivity contribution in [3.63, 3.8) is 0 Å². The van der Waals surface area contributed by atoms with Gasteiger partial charge in [-0.05, 0) is 43.7 Å². The van der Waals surface area contributed by atoms with E-state index in [4.69, 9.17) is 5.11 Å². The van der Waals surface area contributed by atoms with E-state index >= 15 is 0 Å². The molecule has 0 radical (unpaired) electrons. The number of benzene rings is 1. The molecule has 1 rings (SSSR count). The van der Waals surface area contributed by atoms with Crippen LogP contribution in [0.2, 0.25) is 0 Å². The van der Waals surface area contributed by atoms with Gasteiger partial charge >= 0.3 is 5.97 Å². The van der Waals surface area contributed by atoms with E-state index in [1.54, 1.807) is 6.07 Å². The molecular formula is C14H20FNO2. The van der Waals surface area contributed by atoms with Crippen molar-refractivity contribution in [3.05, 3.63) is 35.1 Å². The first-order valence-electron chi connectivity index (χ1n) is 6.15. The van der Waals surface area contributed by atoms with E-state index in [0.717, 1.165) is 17.7 Å². The van der Waals surface area contributed by atoms with Crippen LogP contribution in [0.4, 0.5) is 4.39 Å². The Morgan fingerprint density at radius 3 is 2.67 bits per heavy atom. The quantitative estimate of drug-likeness (QED) is 0.847. The first-order chi connectivity index (χ1) is 8.43. The first kappa shape index (κ1) is 14.6. The highest BCUT2D eigenvalue weighted by molar-refractivity contribution is 5.67. The van der Waals surface area contributed by atoms with Crippen molar-refractivity contribution in [2.45, 2.75) is 39.8 Å². The number of hydrogen-bond donors (Lipinski definition) is 1. The summed E-state index contributed by atoms with van der Waals surface area (Å²) in [7, 11) is 0. The van der Waals surface area contributed by atoms with Gasteiger partial charge in [-0.15, -0.1) is 0 Å². The van der Waals surface area contributed by atoms with Gasteiger partial charge in [0.25, 0.3) is 0 Å². The van der Waals surface area contributed by atoms with Gasteiger partial charge < -0.3 is 5.11 Å². The van der Waals surface area contributed by atoms with Gasteiger partial charge in [-0.3, -0.25) is 9.69 Å². The van der Waals surface area contributed by atoms with Crippen molar-refractivity contribution in [1.29, 1.82) is 0 Å². The number of nitrogens with zero attached hydrogens (tertiary/aromatic N) is 1. The molecule has 0 heterocycles. The molecule has 0 spiro atoms. The summed E-state index contributed by atoms with van der Waals surface area (Å²) in [5.74, 6) is -1.03. The number of aryl methyl sites for hydroxylation is 1. The molecule has 1 atom stereocenters. The standard InChI is InChI=1S/C14H20FNO2/c1-4-16(11(3)8-14(17)18)9-12-5-6-13(15)7-10(12)2/h5-7,11H,4,8-9H2,1-3H3,(H,17,18). The lowest BCUT2D eigenvalue weighted by Gasteiger charge is -2.27. The zero-order chi connectivity index (χ0) is 13.7. The number of carbonyl (C=O) groups is 1. The fraction of sp³-hybridized carbons (Fsp3) is 0.500. The number of aliphatic carboxylic acids is 1. The molecule has 4 heteroatoms. The third kappa shape index (κ3) is 4.11. The third-order valence-corrected chi connectivity index (χ3v) is 3.18.